The van der Waals surface area contributed by atoms with Crippen LogP contribution >= 0.6 is 0 Å². The van der Waals surface area contributed by atoms with Crippen molar-refractivity contribution in [2.45, 2.75) is 6.92 Å². The molecule has 75 heavy (non-hydrogen) atoms. The van der Waals surface area contributed by atoms with Gasteiger partial charge in [0.25, 0.3) is 12.7 Å². The van der Waals surface area contributed by atoms with E-state index < -0.39 is 0 Å². The van der Waals surface area contributed by atoms with Gasteiger partial charge in [-0.15, -0.1) is 24.3 Å². The van der Waals surface area contributed by atoms with Crippen molar-refractivity contribution in [2.24, 2.45) is 0 Å². The van der Waals surface area contributed by atoms with Crippen molar-refractivity contribution in [3.8, 4) is 79.3 Å². The molecule has 4 aromatic heterocycles. The monoisotopic (exact) mass is 1170 g/mol. The van der Waals surface area contributed by atoms with Crippen molar-refractivity contribution in [3.05, 3.63) is 285 Å². The topological polar surface area (TPSA) is 70.4 Å². The molecule has 0 aliphatic heterocycles. The molecule has 0 fully saturated rings. The van der Waals surface area contributed by atoms with Crippen LogP contribution in [0.1, 0.15) is 5.82 Å². The minimum absolute atomic E-state index is 0. The fourth-order valence-corrected chi connectivity index (χ4v) is 8.17. The average molecular weight is 1170 g/mol. The van der Waals surface area contributed by atoms with Crippen molar-refractivity contribution < 1.29 is 46.8 Å². The van der Waals surface area contributed by atoms with Crippen LogP contribution < -0.4 is 14.2 Å². The molecule has 369 valence electrons. The molecular formula is C62H41F4IrN8-3. The third-order valence-corrected chi connectivity index (χ3v) is 11.6. The molecular weight excluding hydrogens is 1120 g/mol. The Bertz CT molecular complexity index is 3310. The van der Waals surface area contributed by atoms with Crippen molar-refractivity contribution in [1.29, 1.82) is 0 Å². The van der Waals surface area contributed by atoms with Gasteiger partial charge in [0, 0.05) is 43.8 Å². The molecule has 13 heteroatoms. The maximum absolute atomic E-state index is 13.6. The van der Waals surface area contributed by atoms with Gasteiger partial charge < -0.3 is 19.2 Å². The predicted octanol–water partition coefficient (Wildman–Crippen LogP) is 12.7. The van der Waals surface area contributed by atoms with Gasteiger partial charge in [-0.25, -0.2) is 8.78 Å². The fraction of sp³-hybridized carbons (Fsp3) is 0.0161. The summed E-state index contributed by atoms with van der Waals surface area (Å²) in [6.45, 7) is 1.80. The summed E-state index contributed by atoms with van der Waals surface area (Å²) in [6, 6.07) is 72.7. The van der Waals surface area contributed by atoms with E-state index in [1.54, 1.807) is 49.5 Å². The number of benzene rings is 8. The summed E-state index contributed by atoms with van der Waals surface area (Å²) in [4.78, 5) is 8.19. The van der Waals surface area contributed by atoms with Gasteiger partial charge in [-0.1, -0.05) is 127 Å². The van der Waals surface area contributed by atoms with Gasteiger partial charge in [0.05, 0.1) is 39.8 Å². The number of aromatic nitrogens is 8. The number of hydrogen-bond donors (Lipinski definition) is 0. The van der Waals surface area contributed by atoms with Crippen LogP contribution in [0.2, 0.25) is 0 Å². The van der Waals surface area contributed by atoms with E-state index in [1.807, 2.05) is 158 Å². The van der Waals surface area contributed by atoms with E-state index in [0.29, 0.717) is 23.0 Å². The summed E-state index contributed by atoms with van der Waals surface area (Å²) in [5.41, 5.74) is 11.0. The maximum atomic E-state index is 13.6. The van der Waals surface area contributed by atoms with Crippen LogP contribution in [0.15, 0.2) is 231 Å². The number of aryl methyl sites for hydroxylation is 1. The number of imidazole rings is 2. The Morgan fingerprint density at radius 2 is 0.827 bits per heavy atom. The number of rotatable bonds is 9. The van der Waals surface area contributed by atoms with Crippen LogP contribution in [0.25, 0.3) is 79.3 Å². The Morgan fingerprint density at radius 3 is 1.17 bits per heavy atom. The van der Waals surface area contributed by atoms with Crippen LogP contribution in [0, 0.1) is 55.0 Å². The van der Waals surface area contributed by atoms with Crippen molar-refractivity contribution in [3.63, 3.8) is 0 Å². The third-order valence-electron chi connectivity index (χ3n) is 11.6. The molecule has 0 saturated carbocycles. The van der Waals surface area contributed by atoms with Crippen molar-refractivity contribution in [1.82, 2.24) is 29.3 Å². The van der Waals surface area contributed by atoms with E-state index >= 15 is 0 Å². The largest absolute Gasteiger partial charge is 0.421 e. The van der Waals surface area contributed by atoms with Gasteiger partial charge in [0.1, 0.15) is 11.6 Å². The molecule has 0 bridgehead atoms. The molecule has 0 atom stereocenters. The third kappa shape index (κ3) is 11.7. The van der Waals surface area contributed by atoms with Gasteiger partial charge >= 0.3 is 0 Å². The molecule has 4 heterocycles. The Kier molecular flexibility index (Phi) is 16.0. The SMILES string of the molecule is Cc1n[n-]c(-c2ccccn2)n1.Fc1c[c-]c(-n2[c-][n+](-c3ccc(F)cc3)c(-c3ccccc3)c2-c2ccccc2)cc1.Fc1c[c-]c(-n2[c-][n+](-c3ccc(F)cc3)c(-c3ccccc3)c2-c2ccccc2)cc1.[Ir]. The first-order valence-electron chi connectivity index (χ1n) is 23.3. The van der Waals surface area contributed by atoms with Crippen LogP contribution in [-0.2, 0) is 20.1 Å². The standard InChI is InChI=1S/2C27H17F2N2.C8H7N4.Ir/c2*28-22-11-15-24(16-12-22)30-19-31(25-17-13-23(29)14-18-25)27(21-9-5-2-6-10-21)26(30)20-7-3-1-4-8-20;1-6-10-8(12-11-6)7-4-2-3-5-9-7;/h2*1-17H;2-5H,1H3;/q3*-1;. The first-order chi connectivity index (χ1) is 36.3. The summed E-state index contributed by atoms with van der Waals surface area (Å²) in [5, 5.41) is 7.65. The second kappa shape index (κ2) is 23.6. The maximum Gasteiger partial charge on any atom is 0.268 e. The van der Waals surface area contributed by atoms with Gasteiger partial charge in [0.2, 0.25) is 0 Å². The Labute approximate surface area is 444 Å². The van der Waals surface area contributed by atoms with E-state index in [9.17, 15) is 17.6 Å². The molecule has 0 aliphatic rings. The predicted molar refractivity (Wildman–Crippen MR) is 275 cm³/mol. The molecule has 12 rings (SSSR count). The molecule has 0 unspecified atom stereocenters. The first-order valence-corrected chi connectivity index (χ1v) is 23.3. The molecule has 0 saturated heterocycles. The van der Waals surface area contributed by atoms with E-state index in [0.717, 1.165) is 62.1 Å². The molecule has 0 spiro atoms. The van der Waals surface area contributed by atoms with Crippen molar-refractivity contribution in [2.75, 3.05) is 0 Å². The molecule has 12 aromatic rings. The van der Waals surface area contributed by atoms with Crippen LogP contribution in [-0.4, -0.2) is 24.2 Å². The van der Waals surface area contributed by atoms with Crippen LogP contribution in [0.4, 0.5) is 17.6 Å². The molecule has 0 aliphatic carbocycles. The van der Waals surface area contributed by atoms with E-state index in [4.69, 9.17) is 0 Å². The smallest absolute Gasteiger partial charge is 0.268 e. The number of nitrogens with zero attached hydrogens (tertiary/aromatic N) is 8. The fourth-order valence-electron chi connectivity index (χ4n) is 8.17. The Morgan fingerprint density at radius 1 is 0.440 bits per heavy atom. The molecule has 0 N–H and O–H groups in total. The minimum Gasteiger partial charge on any atom is -0.421 e. The summed E-state index contributed by atoms with van der Waals surface area (Å²) >= 11 is 0. The normalized spacial score (nSPS) is 10.6. The van der Waals surface area contributed by atoms with Crippen LogP contribution in [0.5, 0.6) is 0 Å². The zero-order chi connectivity index (χ0) is 50.8. The zero-order valence-electron chi connectivity index (χ0n) is 39.9. The Balaban J connectivity index is 0.000000149. The van der Waals surface area contributed by atoms with Crippen LogP contribution in [0.3, 0.4) is 0 Å². The summed E-state index contributed by atoms with van der Waals surface area (Å²) in [6.07, 6.45) is 8.46. The molecule has 8 nitrogen and oxygen atoms in total. The quantitative estimate of drug-likeness (QED) is 0.0820. The summed E-state index contributed by atoms with van der Waals surface area (Å²) < 4.78 is 61.9. The van der Waals surface area contributed by atoms with Gasteiger partial charge in [-0.3, -0.25) is 28.0 Å². The minimum atomic E-state index is -0.355. The summed E-state index contributed by atoms with van der Waals surface area (Å²) in [7, 11) is 0. The average Bonchev–Trinajstić information content (AvgIpc) is 4.21. The second-order valence-corrected chi connectivity index (χ2v) is 16.5. The van der Waals surface area contributed by atoms with Gasteiger partial charge in [-0.05, 0) is 107 Å². The molecule has 0 amide bonds. The van der Waals surface area contributed by atoms with E-state index in [2.05, 4.69) is 45.0 Å². The van der Waals surface area contributed by atoms with Gasteiger partial charge in [-0.2, -0.15) is 24.3 Å². The van der Waals surface area contributed by atoms with Gasteiger partial charge in [0.15, 0.2) is 0 Å². The molecule has 8 aromatic carbocycles. The van der Waals surface area contributed by atoms with Crippen molar-refractivity contribution >= 4 is 0 Å². The number of pyridine rings is 1. The number of hydrogen-bond acceptors (Lipinski definition) is 3. The number of halogens is 4. The first kappa shape index (κ1) is 50.8. The zero-order valence-corrected chi connectivity index (χ0v) is 42.3. The molecule has 1 radical (unpaired) electrons. The summed E-state index contributed by atoms with van der Waals surface area (Å²) in [5.74, 6) is -0.0529. The second-order valence-electron chi connectivity index (χ2n) is 16.5. The Hall–Kier alpha value is -9.16. The van der Waals surface area contributed by atoms with E-state index in [-0.39, 0.29) is 43.4 Å². The van der Waals surface area contributed by atoms with E-state index in [1.165, 1.54) is 48.5 Å².